The summed E-state index contributed by atoms with van der Waals surface area (Å²) in [4.78, 5) is 2.81. The Labute approximate surface area is 57.4 Å². The summed E-state index contributed by atoms with van der Waals surface area (Å²) >= 11 is 9.38. The van der Waals surface area contributed by atoms with Crippen LogP contribution in [0.3, 0.4) is 0 Å². The molecule has 1 aliphatic rings. The van der Waals surface area contributed by atoms with Gasteiger partial charge in [0.05, 0.1) is 10.4 Å². The molecule has 0 radical (unpaired) electrons. The summed E-state index contributed by atoms with van der Waals surface area (Å²) in [6.45, 7) is 0. The second-order valence-corrected chi connectivity index (χ2v) is 3.05. The zero-order valence-electron chi connectivity index (χ0n) is 3.33. The molecule has 0 saturated carbocycles. The maximum absolute atomic E-state index is 4.02. The molecule has 0 fully saturated rings. The average Bonchev–Trinajstić information content (AvgIpc) is 1.87. The van der Waals surface area contributed by atoms with Gasteiger partial charge in [-0.3, -0.25) is 0 Å². The van der Waals surface area contributed by atoms with E-state index in [0.29, 0.717) is 0 Å². The highest BCUT2D eigenvalue weighted by Crippen LogP contribution is 2.23. The van der Waals surface area contributed by atoms with E-state index < -0.39 is 0 Å². The summed E-state index contributed by atoms with van der Waals surface area (Å²) in [6, 6.07) is 0. The molecule has 0 aromatic heterocycles. The minimum atomic E-state index is 0.926. The van der Waals surface area contributed by atoms with Crippen molar-refractivity contribution in [3.8, 4) is 0 Å². The maximum atomic E-state index is 4.02. The molecule has 1 aliphatic heterocycles. The Morgan fingerprint density at radius 3 is 2.71 bits per heavy atom. The average molecular weight is 152 g/mol. The van der Waals surface area contributed by atoms with E-state index in [1.165, 1.54) is 11.9 Å². The van der Waals surface area contributed by atoms with Crippen LogP contribution in [-0.4, -0.2) is 4.41 Å². The van der Waals surface area contributed by atoms with Gasteiger partial charge in [0.15, 0.2) is 0 Å². The number of hydrogen-bond donors (Lipinski definition) is 3. The van der Waals surface area contributed by atoms with Crippen molar-refractivity contribution >= 4 is 37.4 Å². The predicted octanol–water partition coefficient (Wildman–Crippen LogP) is 1.03. The topological polar surface area (TPSA) is 15.3 Å². The van der Waals surface area contributed by atoms with E-state index in [1.807, 2.05) is 0 Å². The lowest BCUT2D eigenvalue weighted by Gasteiger charge is -2.00. The van der Waals surface area contributed by atoms with Crippen LogP contribution in [0.15, 0.2) is 10.4 Å². The molecule has 40 valence electrons. The van der Waals surface area contributed by atoms with E-state index in [0.717, 1.165) is 4.24 Å². The highest BCUT2D eigenvalue weighted by molar-refractivity contribution is 8.14. The van der Waals surface area contributed by atoms with Crippen molar-refractivity contribution < 1.29 is 0 Å². The molecule has 1 heterocycles. The summed E-state index contributed by atoms with van der Waals surface area (Å²) in [7, 11) is 0. The van der Waals surface area contributed by atoms with E-state index in [2.05, 4.69) is 30.3 Å². The molecule has 1 N–H and O–H groups in total. The van der Waals surface area contributed by atoms with E-state index >= 15 is 0 Å². The van der Waals surface area contributed by atoms with Crippen LogP contribution in [0, 0.1) is 0 Å². The molecule has 5 heteroatoms. The summed E-state index contributed by atoms with van der Waals surface area (Å²) in [6.07, 6.45) is 1.77. The molecule has 0 unspecified atom stereocenters. The molecule has 0 aromatic carbocycles. The van der Waals surface area contributed by atoms with Gasteiger partial charge in [0.1, 0.15) is 0 Å². The first-order chi connectivity index (χ1) is 3.29. The largest absolute Gasteiger partial charge is 0.249 e. The van der Waals surface area contributed by atoms with Gasteiger partial charge in [-0.2, -0.15) is 4.83 Å². The Bertz CT molecular complexity index is 101. The van der Waals surface area contributed by atoms with Crippen molar-refractivity contribution in [2.45, 2.75) is 0 Å². The van der Waals surface area contributed by atoms with Crippen LogP contribution in [-0.2, 0) is 0 Å². The monoisotopic (exact) mass is 152 g/mol. The molecule has 0 bridgehead atoms. The van der Waals surface area contributed by atoms with Crippen molar-refractivity contribution in [1.29, 1.82) is 0 Å². The second kappa shape index (κ2) is 2.21. The molecule has 2 nitrogen and oxygen atoms in total. The molecular formula is C2H4N2S3. The van der Waals surface area contributed by atoms with E-state index in [4.69, 9.17) is 0 Å². The lowest BCUT2D eigenvalue weighted by molar-refractivity contribution is 0.628. The number of thiol groups is 2. The minimum Gasteiger partial charge on any atom is -0.249 e. The predicted molar refractivity (Wildman–Crippen MR) is 38.6 cm³/mol. The van der Waals surface area contributed by atoms with Crippen LogP contribution < -0.4 is 4.83 Å². The smallest absolute Gasteiger partial charge is 0.0727 e. The summed E-state index contributed by atoms with van der Waals surface area (Å²) < 4.78 is 2.47. The number of hydrazine groups is 1. The fourth-order valence-electron chi connectivity index (χ4n) is 0.251. The summed E-state index contributed by atoms with van der Waals surface area (Å²) in [5, 5.41) is 0. The lowest BCUT2D eigenvalue weighted by Crippen LogP contribution is -2.10. The van der Waals surface area contributed by atoms with Gasteiger partial charge in [0.25, 0.3) is 0 Å². The van der Waals surface area contributed by atoms with Crippen LogP contribution in [0.4, 0.5) is 0 Å². The fraction of sp³-hybridized carbons (Fsp3) is 0. The standard InChI is InChI=1S/C2H4N2S3/c5-2-1-4(6)3-7-2/h1,3,5-6H. The second-order valence-electron chi connectivity index (χ2n) is 1.01. The third kappa shape index (κ3) is 1.49. The Balaban J connectivity index is 2.50. The quantitative estimate of drug-likeness (QED) is 0.355. The Hall–Kier alpha value is 0.550. The van der Waals surface area contributed by atoms with Gasteiger partial charge in [-0.25, -0.2) is 4.41 Å². The third-order valence-corrected chi connectivity index (χ3v) is 1.82. The van der Waals surface area contributed by atoms with Crippen LogP contribution in [0.5, 0.6) is 0 Å². The van der Waals surface area contributed by atoms with Gasteiger partial charge in [0, 0.05) is 0 Å². The van der Waals surface area contributed by atoms with E-state index in [9.17, 15) is 0 Å². The first-order valence-electron chi connectivity index (χ1n) is 1.60. The molecular weight excluding hydrogens is 148 g/mol. The normalized spacial score (nSPS) is 20.3. The fourth-order valence-corrected chi connectivity index (χ4v) is 1.29. The lowest BCUT2D eigenvalue weighted by atomic mass is 11.1. The van der Waals surface area contributed by atoms with Gasteiger partial charge >= 0.3 is 0 Å². The van der Waals surface area contributed by atoms with Gasteiger partial charge in [-0.1, -0.05) is 0 Å². The number of hydrogen-bond acceptors (Lipinski definition) is 5. The molecule has 0 atom stereocenters. The van der Waals surface area contributed by atoms with Gasteiger partial charge in [0.2, 0.25) is 0 Å². The van der Waals surface area contributed by atoms with Crippen molar-refractivity contribution in [2.24, 2.45) is 0 Å². The molecule has 0 spiro atoms. The van der Waals surface area contributed by atoms with Crippen molar-refractivity contribution in [1.82, 2.24) is 9.25 Å². The molecule has 0 aliphatic carbocycles. The van der Waals surface area contributed by atoms with Crippen LogP contribution in [0.1, 0.15) is 0 Å². The Morgan fingerprint density at radius 2 is 2.57 bits per heavy atom. The molecule has 0 amide bonds. The first-order valence-corrected chi connectivity index (χ1v) is 3.27. The Morgan fingerprint density at radius 1 is 1.86 bits per heavy atom. The molecule has 1 rings (SSSR count). The number of rotatable bonds is 0. The minimum absolute atomic E-state index is 0.926. The van der Waals surface area contributed by atoms with Crippen molar-refractivity contribution in [3.05, 3.63) is 10.4 Å². The molecule has 0 aromatic rings. The number of nitrogens with zero attached hydrogens (tertiary/aromatic N) is 1. The van der Waals surface area contributed by atoms with Gasteiger partial charge < -0.3 is 0 Å². The van der Waals surface area contributed by atoms with Crippen LogP contribution in [0.2, 0.25) is 0 Å². The zero-order chi connectivity index (χ0) is 5.28. The third-order valence-electron chi connectivity index (χ3n) is 0.476. The van der Waals surface area contributed by atoms with Crippen LogP contribution in [0.25, 0.3) is 0 Å². The maximum Gasteiger partial charge on any atom is 0.0727 e. The van der Waals surface area contributed by atoms with Crippen LogP contribution >= 0.6 is 37.4 Å². The molecule has 7 heavy (non-hydrogen) atoms. The van der Waals surface area contributed by atoms with Gasteiger partial charge in [-0.05, 0) is 24.8 Å². The molecule has 0 saturated heterocycles. The first kappa shape index (κ1) is 5.68. The summed E-state index contributed by atoms with van der Waals surface area (Å²) in [5.41, 5.74) is 0. The van der Waals surface area contributed by atoms with Crippen molar-refractivity contribution in [2.75, 3.05) is 0 Å². The zero-order valence-corrected chi connectivity index (χ0v) is 5.93. The highest BCUT2D eigenvalue weighted by Gasteiger charge is 2.03. The SMILES string of the molecule is SC1=CN(S)NS1. The summed E-state index contributed by atoms with van der Waals surface area (Å²) in [5.74, 6) is 0. The Kier molecular flexibility index (Phi) is 1.80. The number of nitrogens with one attached hydrogen (secondary N) is 1. The van der Waals surface area contributed by atoms with Gasteiger partial charge in [-0.15, -0.1) is 12.6 Å². The van der Waals surface area contributed by atoms with E-state index in [-0.39, 0.29) is 0 Å². The van der Waals surface area contributed by atoms with Crippen molar-refractivity contribution in [3.63, 3.8) is 0 Å². The van der Waals surface area contributed by atoms with E-state index in [1.54, 1.807) is 10.6 Å². The highest BCUT2D eigenvalue weighted by atomic mass is 32.2.